The van der Waals surface area contributed by atoms with Crippen molar-refractivity contribution in [3.05, 3.63) is 53.8 Å². The minimum Gasteiger partial charge on any atom is -0.377 e. The van der Waals surface area contributed by atoms with Crippen LogP contribution in [0.5, 0.6) is 0 Å². The van der Waals surface area contributed by atoms with Gasteiger partial charge in [-0.3, -0.25) is 9.52 Å². The molecule has 192 valence electrons. The van der Waals surface area contributed by atoms with Gasteiger partial charge in [0.1, 0.15) is 28.7 Å². The number of anilines is 1. The van der Waals surface area contributed by atoms with E-state index in [4.69, 9.17) is 4.74 Å². The molecule has 2 N–H and O–H groups in total. The molecule has 0 bridgehead atoms. The normalized spacial score (nSPS) is 15.9. The van der Waals surface area contributed by atoms with Crippen molar-refractivity contribution in [1.29, 1.82) is 0 Å². The van der Waals surface area contributed by atoms with Crippen molar-refractivity contribution < 1.29 is 22.7 Å². The van der Waals surface area contributed by atoms with Gasteiger partial charge in [-0.05, 0) is 101 Å². The molecular weight excluding hydrogens is 495 g/mol. The lowest BCUT2D eigenvalue weighted by Crippen LogP contribution is -2.43. The zero-order chi connectivity index (χ0) is 25.4. The first-order chi connectivity index (χ1) is 16.7. The number of carbonyl (C=O) groups excluding carboxylic acids is 1. The summed E-state index contributed by atoms with van der Waals surface area (Å²) in [5.74, 6) is -1.51. The third kappa shape index (κ3) is 7.80. The van der Waals surface area contributed by atoms with Crippen LogP contribution in [0.15, 0.2) is 46.2 Å². The van der Waals surface area contributed by atoms with Crippen molar-refractivity contribution >= 4 is 35.3 Å². The minimum atomic E-state index is -0.868. The summed E-state index contributed by atoms with van der Waals surface area (Å²) < 4.78 is 51.2. The summed E-state index contributed by atoms with van der Waals surface area (Å²) in [6.45, 7) is 0.728. The maximum absolute atomic E-state index is 14.9. The molecule has 0 spiro atoms. The zero-order valence-corrected chi connectivity index (χ0v) is 21.8. The maximum Gasteiger partial charge on any atom is 0.262 e. The van der Waals surface area contributed by atoms with Crippen LogP contribution in [0.3, 0.4) is 0 Å². The van der Waals surface area contributed by atoms with Crippen molar-refractivity contribution in [1.82, 2.24) is 9.62 Å². The Hall–Kier alpha value is -1.88. The number of thioether (sulfide) groups is 1. The lowest BCUT2D eigenvalue weighted by atomic mass is 10.0. The lowest BCUT2D eigenvalue weighted by molar-refractivity contribution is -0.140. The summed E-state index contributed by atoms with van der Waals surface area (Å²) >= 11 is 2.37. The van der Waals surface area contributed by atoms with E-state index >= 15 is 0 Å². The van der Waals surface area contributed by atoms with Gasteiger partial charge >= 0.3 is 0 Å². The molecule has 1 unspecified atom stereocenters. The fourth-order valence-corrected chi connectivity index (χ4v) is 5.65. The van der Waals surface area contributed by atoms with Crippen LogP contribution in [0.1, 0.15) is 32.1 Å². The van der Waals surface area contributed by atoms with Crippen molar-refractivity contribution in [3.63, 3.8) is 0 Å². The Morgan fingerprint density at radius 2 is 1.71 bits per heavy atom. The van der Waals surface area contributed by atoms with Crippen molar-refractivity contribution in [2.45, 2.75) is 53.5 Å². The van der Waals surface area contributed by atoms with Gasteiger partial charge in [-0.25, -0.2) is 13.2 Å². The van der Waals surface area contributed by atoms with Crippen LogP contribution in [-0.2, 0) is 9.53 Å². The Bertz CT molecular complexity index is 963. The van der Waals surface area contributed by atoms with Crippen LogP contribution in [0.2, 0.25) is 0 Å². The molecule has 10 heteroatoms. The van der Waals surface area contributed by atoms with Crippen LogP contribution >= 0.6 is 23.7 Å². The van der Waals surface area contributed by atoms with E-state index in [9.17, 15) is 18.0 Å². The number of nitrogens with zero attached hydrogens (tertiary/aromatic N) is 1. The summed E-state index contributed by atoms with van der Waals surface area (Å²) in [6.07, 6.45) is 3.73. The predicted molar refractivity (Wildman–Crippen MR) is 136 cm³/mol. The van der Waals surface area contributed by atoms with Gasteiger partial charge in [-0.1, -0.05) is 0 Å². The zero-order valence-electron chi connectivity index (χ0n) is 20.2. The highest BCUT2D eigenvalue weighted by molar-refractivity contribution is 7.99. The van der Waals surface area contributed by atoms with Gasteiger partial charge in [0.2, 0.25) is 0 Å². The van der Waals surface area contributed by atoms with E-state index < -0.39 is 17.2 Å². The molecule has 1 atom stereocenters. The summed E-state index contributed by atoms with van der Waals surface area (Å²) in [6, 6.07) is 8.34. The van der Waals surface area contributed by atoms with E-state index in [1.165, 1.54) is 43.1 Å². The van der Waals surface area contributed by atoms with E-state index in [1.807, 2.05) is 19.0 Å². The van der Waals surface area contributed by atoms with Gasteiger partial charge in [-0.15, -0.1) is 11.8 Å². The molecule has 0 aromatic heterocycles. The molecule has 1 aliphatic carbocycles. The molecule has 1 amide bonds. The third-order valence-corrected chi connectivity index (χ3v) is 7.96. The molecule has 0 aliphatic heterocycles. The van der Waals surface area contributed by atoms with Crippen LogP contribution in [0.25, 0.3) is 0 Å². The topological polar surface area (TPSA) is 53.6 Å². The number of methoxy groups -OCH3 is 1. The van der Waals surface area contributed by atoms with E-state index in [0.29, 0.717) is 25.0 Å². The van der Waals surface area contributed by atoms with Crippen LogP contribution in [-0.4, -0.2) is 56.0 Å². The standard InChI is InChI=1S/C25H32F3N3O2S2/c1-31(2)13-10-18(16-34-19-8-6-17(26)7-9-19)29-23-21(27)14-20(15-22(23)28)35-30-24(32)25(33-3)11-4-5-12-25/h6-9,14-15,18,29H,4-5,10-13,16H2,1-3H3,(H,30,32). The van der Waals surface area contributed by atoms with E-state index in [2.05, 4.69) is 10.0 Å². The summed E-state index contributed by atoms with van der Waals surface area (Å²) in [5.41, 5.74) is -1.07. The highest BCUT2D eigenvalue weighted by atomic mass is 32.2. The van der Waals surface area contributed by atoms with Gasteiger partial charge in [0.25, 0.3) is 5.91 Å². The molecule has 1 fully saturated rings. The fourth-order valence-electron chi connectivity index (χ4n) is 3.96. The monoisotopic (exact) mass is 527 g/mol. The quantitative estimate of drug-likeness (QED) is 0.272. The number of ether oxygens (including phenoxy) is 1. The van der Waals surface area contributed by atoms with Gasteiger partial charge in [0.15, 0.2) is 0 Å². The summed E-state index contributed by atoms with van der Waals surface area (Å²) in [5, 5.41) is 3.02. The summed E-state index contributed by atoms with van der Waals surface area (Å²) in [7, 11) is 5.38. The first kappa shape index (κ1) is 27.7. The van der Waals surface area contributed by atoms with E-state index in [-0.39, 0.29) is 28.3 Å². The Morgan fingerprint density at radius 3 is 2.29 bits per heavy atom. The first-order valence-corrected chi connectivity index (χ1v) is 13.3. The number of rotatable bonds is 12. The highest BCUT2D eigenvalue weighted by Crippen LogP contribution is 2.34. The molecule has 1 aliphatic rings. The van der Waals surface area contributed by atoms with Crippen LogP contribution < -0.4 is 10.0 Å². The number of hydrogen-bond donors (Lipinski definition) is 2. The second kappa shape index (κ2) is 12.9. The number of amides is 1. The Balaban J connectivity index is 1.65. The largest absolute Gasteiger partial charge is 0.377 e. The third-order valence-electron chi connectivity index (χ3n) is 6.03. The highest BCUT2D eigenvalue weighted by Gasteiger charge is 2.41. The first-order valence-electron chi connectivity index (χ1n) is 11.5. The van der Waals surface area contributed by atoms with Crippen molar-refractivity contribution in [3.8, 4) is 0 Å². The molecule has 35 heavy (non-hydrogen) atoms. The molecule has 0 saturated heterocycles. The molecule has 2 aromatic carbocycles. The molecule has 5 nitrogen and oxygen atoms in total. The molecule has 3 rings (SSSR count). The van der Waals surface area contributed by atoms with E-state index in [0.717, 1.165) is 36.2 Å². The SMILES string of the molecule is COC1(C(=O)NSc2cc(F)c(NC(CCN(C)C)CSc3ccc(F)cc3)c(F)c2)CCCC1. The molecular formula is C25H32F3N3O2S2. The van der Waals surface area contributed by atoms with Crippen molar-refractivity contribution in [2.24, 2.45) is 0 Å². The Labute approximate surface area is 213 Å². The molecule has 0 heterocycles. The Kier molecular flexibility index (Phi) is 10.2. The van der Waals surface area contributed by atoms with Crippen LogP contribution in [0, 0.1) is 17.5 Å². The van der Waals surface area contributed by atoms with Gasteiger partial charge < -0.3 is 15.0 Å². The fraction of sp³-hybridized carbons (Fsp3) is 0.480. The molecule has 2 aromatic rings. The van der Waals surface area contributed by atoms with Crippen LogP contribution in [0.4, 0.5) is 18.9 Å². The lowest BCUT2D eigenvalue weighted by Gasteiger charge is -2.25. The van der Waals surface area contributed by atoms with Gasteiger partial charge in [0, 0.05) is 28.7 Å². The number of carbonyl (C=O) groups is 1. The molecule has 1 saturated carbocycles. The average molecular weight is 528 g/mol. The maximum atomic E-state index is 14.9. The van der Waals surface area contributed by atoms with Gasteiger partial charge in [0.05, 0.1) is 0 Å². The second-order valence-electron chi connectivity index (χ2n) is 8.90. The predicted octanol–water partition coefficient (Wildman–Crippen LogP) is 5.71. The van der Waals surface area contributed by atoms with Crippen molar-refractivity contribution in [2.75, 3.05) is 38.8 Å². The second-order valence-corrected chi connectivity index (χ2v) is 10.9. The Morgan fingerprint density at radius 1 is 1.09 bits per heavy atom. The number of halogens is 3. The van der Waals surface area contributed by atoms with E-state index in [1.54, 1.807) is 12.1 Å². The number of nitrogens with one attached hydrogen (secondary N) is 2. The number of benzene rings is 2. The molecule has 0 radical (unpaired) electrons. The number of hydrogen-bond acceptors (Lipinski definition) is 6. The summed E-state index contributed by atoms with van der Waals surface area (Å²) in [4.78, 5) is 15.7. The van der Waals surface area contributed by atoms with Gasteiger partial charge in [-0.2, -0.15) is 0 Å². The smallest absolute Gasteiger partial charge is 0.262 e. The average Bonchev–Trinajstić information content (AvgIpc) is 3.32. The minimum absolute atomic E-state index is 0.201.